The molecule has 3 aromatic rings. The van der Waals surface area contributed by atoms with Gasteiger partial charge in [0.15, 0.2) is 0 Å². The lowest BCUT2D eigenvalue weighted by Crippen LogP contribution is -2.17. The highest BCUT2D eigenvalue weighted by atomic mass is 19.4. The van der Waals surface area contributed by atoms with E-state index in [9.17, 15) is 13.2 Å². The van der Waals surface area contributed by atoms with Crippen LogP contribution in [0.4, 0.5) is 13.2 Å². The average Bonchev–Trinajstić information content (AvgIpc) is 3.37. The highest BCUT2D eigenvalue weighted by Crippen LogP contribution is 2.33. The molecule has 0 aliphatic heterocycles. The van der Waals surface area contributed by atoms with E-state index >= 15 is 0 Å². The van der Waals surface area contributed by atoms with Gasteiger partial charge in [-0.25, -0.2) is 0 Å². The predicted molar refractivity (Wildman–Crippen MR) is 98.7 cm³/mol. The molecule has 1 aliphatic carbocycles. The van der Waals surface area contributed by atoms with Crippen molar-refractivity contribution < 1.29 is 22.4 Å². The van der Waals surface area contributed by atoms with Crippen LogP contribution in [0.3, 0.4) is 0 Å². The molecule has 0 unspecified atom stereocenters. The molecular formula is C20H17F3N4O2. The summed E-state index contributed by atoms with van der Waals surface area (Å²) in [6.45, 7) is 0. The minimum absolute atomic E-state index is 0.00731. The highest BCUT2D eigenvalue weighted by molar-refractivity contribution is 5.66. The van der Waals surface area contributed by atoms with Gasteiger partial charge in [-0.2, -0.15) is 10.2 Å². The number of nitrogens with zero attached hydrogens (tertiary/aromatic N) is 3. The van der Waals surface area contributed by atoms with E-state index in [0.29, 0.717) is 5.82 Å². The van der Waals surface area contributed by atoms with Crippen molar-refractivity contribution in [1.82, 2.24) is 10.1 Å². The van der Waals surface area contributed by atoms with Crippen molar-refractivity contribution in [1.29, 1.82) is 5.26 Å². The summed E-state index contributed by atoms with van der Waals surface area (Å²) < 4.78 is 46.7. The molecule has 4 rings (SSSR count). The molecule has 150 valence electrons. The third kappa shape index (κ3) is 4.55. The second kappa shape index (κ2) is 8.32. The Balaban J connectivity index is 0.00000117. The maximum Gasteiger partial charge on any atom is 0.573 e. The number of nitriles is 1. The van der Waals surface area contributed by atoms with Crippen molar-refractivity contribution in [2.24, 2.45) is 5.73 Å². The van der Waals surface area contributed by atoms with E-state index in [1.54, 1.807) is 6.07 Å². The highest BCUT2D eigenvalue weighted by Gasteiger charge is 2.31. The molecule has 0 bridgehead atoms. The van der Waals surface area contributed by atoms with Gasteiger partial charge in [0.1, 0.15) is 5.75 Å². The van der Waals surface area contributed by atoms with E-state index in [1.807, 2.05) is 12.1 Å². The van der Waals surface area contributed by atoms with Gasteiger partial charge in [-0.3, -0.25) is 0 Å². The van der Waals surface area contributed by atoms with E-state index in [0.717, 1.165) is 42.5 Å². The first-order chi connectivity index (χ1) is 13.9. The number of nitrogens with two attached hydrogens (primary N) is 1. The fourth-order valence-electron chi connectivity index (χ4n) is 3.26. The second-order valence-corrected chi connectivity index (χ2v) is 6.13. The number of benzene rings is 2. The molecule has 0 atom stereocenters. The van der Waals surface area contributed by atoms with Crippen LogP contribution >= 0.6 is 0 Å². The third-order valence-corrected chi connectivity index (χ3v) is 4.33. The number of ether oxygens (including phenoxy) is 1. The van der Waals surface area contributed by atoms with Crippen molar-refractivity contribution >= 4 is 0 Å². The van der Waals surface area contributed by atoms with Crippen LogP contribution in [0.1, 0.15) is 23.1 Å². The van der Waals surface area contributed by atoms with Gasteiger partial charge >= 0.3 is 6.36 Å². The lowest BCUT2D eigenvalue weighted by Gasteiger charge is -2.09. The Morgan fingerprint density at radius 1 is 1.17 bits per heavy atom. The summed E-state index contributed by atoms with van der Waals surface area (Å²) in [7, 11) is 1.50. The Morgan fingerprint density at radius 2 is 1.97 bits per heavy atom. The van der Waals surface area contributed by atoms with Crippen LogP contribution in [-0.2, 0) is 12.8 Å². The van der Waals surface area contributed by atoms with Crippen molar-refractivity contribution in [3.05, 3.63) is 53.1 Å². The topological polar surface area (TPSA) is 98.0 Å². The zero-order valence-corrected chi connectivity index (χ0v) is 15.5. The molecule has 2 aromatic carbocycles. The molecule has 9 heteroatoms. The van der Waals surface area contributed by atoms with Crippen molar-refractivity contribution in [2.75, 3.05) is 7.05 Å². The van der Waals surface area contributed by atoms with Crippen LogP contribution in [-0.4, -0.2) is 23.6 Å². The van der Waals surface area contributed by atoms with Gasteiger partial charge in [0.25, 0.3) is 5.89 Å². The number of alkyl halides is 3. The monoisotopic (exact) mass is 402 g/mol. The van der Waals surface area contributed by atoms with Crippen molar-refractivity contribution in [3.8, 4) is 34.7 Å². The van der Waals surface area contributed by atoms with Gasteiger partial charge in [-0.1, -0.05) is 23.4 Å². The Morgan fingerprint density at radius 3 is 2.69 bits per heavy atom. The van der Waals surface area contributed by atoms with Gasteiger partial charge in [-0.15, -0.1) is 13.2 Å². The summed E-state index contributed by atoms with van der Waals surface area (Å²) >= 11 is 0. The summed E-state index contributed by atoms with van der Waals surface area (Å²) in [5.41, 5.74) is 7.93. The molecule has 1 aliphatic rings. The fourth-order valence-corrected chi connectivity index (χ4v) is 3.26. The second-order valence-electron chi connectivity index (χ2n) is 6.13. The maximum absolute atomic E-state index is 12.5. The summed E-state index contributed by atoms with van der Waals surface area (Å²) in [6.07, 6.45) is -1.89. The number of hydrogen-bond acceptors (Lipinski definition) is 6. The van der Waals surface area contributed by atoms with E-state index in [4.69, 9.17) is 9.78 Å². The molecule has 29 heavy (non-hydrogen) atoms. The van der Waals surface area contributed by atoms with E-state index in [1.165, 1.54) is 18.7 Å². The van der Waals surface area contributed by atoms with Gasteiger partial charge in [0, 0.05) is 11.1 Å². The minimum Gasteiger partial charge on any atom is -0.406 e. The van der Waals surface area contributed by atoms with Crippen LogP contribution in [0.15, 0.2) is 40.9 Å². The van der Waals surface area contributed by atoms with Crippen LogP contribution in [0.2, 0.25) is 0 Å². The molecule has 0 saturated carbocycles. The molecule has 1 aromatic heterocycles. The summed E-state index contributed by atoms with van der Waals surface area (Å²) in [5.74, 6) is -0.133. The zero-order chi connectivity index (χ0) is 21.0. The number of aromatic nitrogens is 2. The molecule has 0 saturated heterocycles. The SMILES string of the molecule is CN.N#Cc1cc(OC(F)(F)F)cc(-c2nc(-c3cccc4c3CCC4)no2)c1. The normalized spacial score (nSPS) is 12.6. The number of aryl methyl sites for hydroxylation is 1. The van der Waals surface area contributed by atoms with Crippen LogP contribution < -0.4 is 10.5 Å². The lowest BCUT2D eigenvalue weighted by molar-refractivity contribution is -0.274. The summed E-state index contributed by atoms with van der Waals surface area (Å²) in [6, 6.07) is 11.1. The van der Waals surface area contributed by atoms with Gasteiger partial charge in [-0.05, 0) is 55.6 Å². The first-order valence-electron chi connectivity index (χ1n) is 8.77. The Bertz CT molecular complexity index is 1050. The smallest absolute Gasteiger partial charge is 0.406 e. The average molecular weight is 402 g/mol. The first kappa shape index (κ1) is 20.4. The maximum atomic E-state index is 12.5. The summed E-state index contributed by atoms with van der Waals surface area (Å²) in [4.78, 5) is 4.32. The molecule has 0 radical (unpaired) electrons. The number of fused-ring (bicyclic) bond motifs is 1. The Labute approximate surface area is 164 Å². The largest absolute Gasteiger partial charge is 0.573 e. The predicted octanol–water partition coefficient (Wildman–Crippen LogP) is 4.24. The van der Waals surface area contributed by atoms with Crippen LogP contribution in [0.25, 0.3) is 22.8 Å². The molecule has 6 nitrogen and oxygen atoms in total. The molecule has 1 heterocycles. The third-order valence-electron chi connectivity index (χ3n) is 4.33. The molecule has 0 amide bonds. The zero-order valence-electron chi connectivity index (χ0n) is 15.5. The van der Waals surface area contributed by atoms with Crippen LogP contribution in [0.5, 0.6) is 5.75 Å². The van der Waals surface area contributed by atoms with Crippen molar-refractivity contribution in [2.45, 2.75) is 25.6 Å². The number of hydrogen-bond donors (Lipinski definition) is 1. The quantitative estimate of drug-likeness (QED) is 0.704. The number of rotatable bonds is 3. The fraction of sp³-hybridized carbons (Fsp3) is 0.250. The lowest BCUT2D eigenvalue weighted by atomic mass is 10.0. The molecule has 2 N–H and O–H groups in total. The van der Waals surface area contributed by atoms with Gasteiger partial charge in [0.2, 0.25) is 5.82 Å². The van der Waals surface area contributed by atoms with Gasteiger partial charge in [0.05, 0.1) is 11.6 Å². The van der Waals surface area contributed by atoms with Gasteiger partial charge < -0.3 is 15.0 Å². The Kier molecular flexibility index (Phi) is 5.84. The van der Waals surface area contributed by atoms with E-state index in [-0.39, 0.29) is 17.0 Å². The van der Waals surface area contributed by atoms with Crippen molar-refractivity contribution in [3.63, 3.8) is 0 Å². The van der Waals surface area contributed by atoms with E-state index in [2.05, 4.69) is 26.7 Å². The minimum atomic E-state index is -4.87. The Hall–Kier alpha value is -3.38. The standard InChI is InChI=1S/C19H12F3N3O2.CH5N/c20-19(21,22)26-14-8-11(10-23)7-13(9-14)18-24-17(25-27-18)16-6-2-4-12-3-1-5-15(12)16;1-2/h2,4,6-9H,1,3,5H2;2H2,1H3. The van der Waals surface area contributed by atoms with Crippen LogP contribution in [0, 0.1) is 11.3 Å². The summed E-state index contributed by atoms with van der Waals surface area (Å²) in [5, 5.41) is 13.0. The molecule has 0 spiro atoms. The number of halogens is 3. The first-order valence-corrected chi connectivity index (χ1v) is 8.77. The molecule has 0 fully saturated rings. The van der Waals surface area contributed by atoms with E-state index < -0.39 is 12.1 Å². The molecular weight excluding hydrogens is 385 g/mol.